The van der Waals surface area contributed by atoms with Gasteiger partial charge in [0, 0.05) is 41.3 Å². The molecule has 1 saturated heterocycles. The van der Waals surface area contributed by atoms with Gasteiger partial charge >= 0.3 is 6.03 Å². The molecular weight excluding hydrogens is 351 g/mol. The van der Waals surface area contributed by atoms with E-state index in [9.17, 15) is 9.18 Å². The first-order chi connectivity index (χ1) is 13.1. The summed E-state index contributed by atoms with van der Waals surface area (Å²) < 4.78 is 24.5. The number of benzene rings is 1. The number of carbonyl (C=O) groups excluding carboxylic acids is 1. The standard InChI is InChI=1S/C19H21FN4O3/c1-12-3-2-5-24(12)19(25)21-10-15-7-13-8-16(20)18(9-17(13)22-15)26-11-14-4-6-27-23-14/h4,6-9,12,22H,2-3,5,10-11H2,1H3,(H,21,25)/t12-/m1/s1. The lowest BCUT2D eigenvalue weighted by Crippen LogP contribution is -2.41. The molecule has 0 spiro atoms. The number of likely N-dealkylation sites (tertiary alicyclic amines) is 1. The van der Waals surface area contributed by atoms with Gasteiger partial charge in [0.15, 0.2) is 11.6 Å². The Kier molecular flexibility index (Phi) is 4.70. The molecule has 2 N–H and O–H groups in total. The van der Waals surface area contributed by atoms with E-state index in [-0.39, 0.29) is 24.4 Å². The highest BCUT2D eigenvalue weighted by molar-refractivity contribution is 5.82. The van der Waals surface area contributed by atoms with Crippen LogP contribution in [-0.2, 0) is 13.2 Å². The van der Waals surface area contributed by atoms with E-state index >= 15 is 0 Å². The van der Waals surface area contributed by atoms with Gasteiger partial charge in [0.25, 0.3) is 0 Å². The lowest BCUT2D eigenvalue weighted by Gasteiger charge is -2.21. The molecule has 1 aliphatic rings. The predicted molar refractivity (Wildman–Crippen MR) is 96.7 cm³/mol. The van der Waals surface area contributed by atoms with E-state index in [2.05, 4.69) is 22.4 Å². The maximum Gasteiger partial charge on any atom is 0.317 e. The van der Waals surface area contributed by atoms with Gasteiger partial charge in [0.2, 0.25) is 0 Å². The number of halogens is 1. The van der Waals surface area contributed by atoms with Gasteiger partial charge in [0.1, 0.15) is 18.6 Å². The fraction of sp³-hybridized carbons (Fsp3) is 0.368. The summed E-state index contributed by atoms with van der Waals surface area (Å²) in [6, 6.07) is 6.71. The molecule has 7 nitrogen and oxygen atoms in total. The number of fused-ring (bicyclic) bond motifs is 1. The Morgan fingerprint density at radius 2 is 2.37 bits per heavy atom. The minimum absolute atomic E-state index is 0.0681. The van der Waals surface area contributed by atoms with Gasteiger partial charge < -0.3 is 24.5 Å². The van der Waals surface area contributed by atoms with Crippen molar-refractivity contribution in [3.63, 3.8) is 0 Å². The van der Waals surface area contributed by atoms with Crippen LogP contribution in [0.1, 0.15) is 31.2 Å². The normalized spacial score (nSPS) is 16.8. The van der Waals surface area contributed by atoms with Gasteiger partial charge in [-0.05, 0) is 31.9 Å². The van der Waals surface area contributed by atoms with Crippen LogP contribution in [0.3, 0.4) is 0 Å². The second-order valence-corrected chi connectivity index (χ2v) is 6.79. The van der Waals surface area contributed by atoms with Crippen molar-refractivity contribution in [2.24, 2.45) is 0 Å². The number of nitrogens with one attached hydrogen (secondary N) is 2. The highest BCUT2D eigenvalue weighted by Gasteiger charge is 2.24. The van der Waals surface area contributed by atoms with Crippen LogP contribution in [0.2, 0.25) is 0 Å². The summed E-state index contributed by atoms with van der Waals surface area (Å²) in [5.41, 5.74) is 2.13. The summed E-state index contributed by atoms with van der Waals surface area (Å²) in [6.45, 7) is 3.32. The van der Waals surface area contributed by atoms with Crippen molar-refractivity contribution in [2.75, 3.05) is 6.54 Å². The molecule has 1 atom stereocenters. The highest BCUT2D eigenvalue weighted by Crippen LogP contribution is 2.26. The van der Waals surface area contributed by atoms with Gasteiger partial charge in [-0.3, -0.25) is 0 Å². The zero-order valence-electron chi connectivity index (χ0n) is 15.0. The van der Waals surface area contributed by atoms with Crippen LogP contribution >= 0.6 is 0 Å². The Morgan fingerprint density at radius 1 is 1.48 bits per heavy atom. The fourth-order valence-corrected chi connectivity index (χ4v) is 3.37. The fourth-order valence-electron chi connectivity index (χ4n) is 3.37. The first kappa shape index (κ1) is 17.4. The molecule has 0 saturated carbocycles. The van der Waals surface area contributed by atoms with Crippen LogP contribution in [0.4, 0.5) is 9.18 Å². The van der Waals surface area contributed by atoms with E-state index in [1.54, 1.807) is 12.1 Å². The van der Waals surface area contributed by atoms with Crippen LogP contribution < -0.4 is 10.1 Å². The molecule has 1 aliphatic heterocycles. The summed E-state index contributed by atoms with van der Waals surface area (Å²) in [4.78, 5) is 17.3. The molecular formula is C19H21FN4O3. The number of rotatable bonds is 5. The number of amides is 2. The molecule has 2 aromatic heterocycles. The summed E-state index contributed by atoms with van der Waals surface area (Å²) in [5, 5.41) is 7.37. The number of urea groups is 1. The Hall–Kier alpha value is -3.03. The molecule has 27 heavy (non-hydrogen) atoms. The number of aromatic amines is 1. The number of hydrogen-bond acceptors (Lipinski definition) is 4. The van der Waals surface area contributed by atoms with Crippen molar-refractivity contribution in [3.8, 4) is 5.75 Å². The molecule has 142 valence electrons. The van der Waals surface area contributed by atoms with Gasteiger partial charge in [-0.25, -0.2) is 9.18 Å². The molecule has 0 radical (unpaired) electrons. The van der Waals surface area contributed by atoms with Crippen LogP contribution in [0, 0.1) is 5.82 Å². The molecule has 0 aliphatic carbocycles. The minimum Gasteiger partial charge on any atom is -0.484 e. The van der Waals surface area contributed by atoms with Crippen molar-refractivity contribution >= 4 is 16.9 Å². The van der Waals surface area contributed by atoms with Crippen molar-refractivity contribution in [2.45, 2.75) is 39.0 Å². The van der Waals surface area contributed by atoms with Crippen molar-refractivity contribution in [1.82, 2.24) is 20.4 Å². The van der Waals surface area contributed by atoms with Crippen LogP contribution in [0.5, 0.6) is 5.75 Å². The molecule has 1 fully saturated rings. The third kappa shape index (κ3) is 3.74. The number of aromatic nitrogens is 2. The first-order valence-corrected chi connectivity index (χ1v) is 8.98. The second kappa shape index (κ2) is 7.30. The van der Waals surface area contributed by atoms with Gasteiger partial charge in [0.05, 0.1) is 6.54 Å². The minimum atomic E-state index is -0.452. The van der Waals surface area contributed by atoms with E-state index in [4.69, 9.17) is 9.26 Å². The van der Waals surface area contributed by atoms with E-state index in [1.165, 1.54) is 12.3 Å². The van der Waals surface area contributed by atoms with E-state index in [1.807, 2.05) is 11.0 Å². The van der Waals surface area contributed by atoms with E-state index < -0.39 is 5.82 Å². The quantitative estimate of drug-likeness (QED) is 0.717. The largest absolute Gasteiger partial charge is 0.484 e. The van der Waals surface area contributed by atoms with Crippen LogP contribution in [-0.4, -0.2) is 33.7 Å². The zero-order valence-corrected chi connectivity index (χ0v) is 15.0. The number of hydrogen-bond donors (Lipinski definition) is 2. The molecule has 8 heteroatoms. The molecule has 2 amide bonds. The third-order valence-electron chi connectivity index (χ3n) is 4.84. The number of H-pyrrole nitrogens is 1. The Labute approximate surface area is 155 Å². The monoisotopic (exact) mass is 372 g/mol. The van der Waals surface area contributed by atoms with Gasteiger partial charge in [-0.2, -0.15) is 0 Å². The molecule has 0 unspecified atom stereocenters. The third-order valence-corrected chi connectivity index (χ3v) is 4.84. The number of ether oxygens (including phenoxy) is 1. The maximum absolute atomic E-state index is 14.3. The van der Waals surface area contributed by atoms with Crippen LogP contribution in [0.25, 0.3) is 10.9 Å². The van der Waals surface area contributed by atoms with E-state index in [0.29, 0.717) is 12.2 Å². The summed E-state index contributed by atoms with van der Waals surface area (Å²) in [5.74, 6) is -0.319. The Bertz CT molecular complexity index is 938. The Balaban J connectivity index is 1.43. The average Bonchev–Trinajstić information content (AvgIpc) is 3.38. The lowest BCUT2D eigenvalue weighted by atomic mass is 10.2. The summed E-state index contributed by atoms with van der Waals surface area (Å²) in [6.07, 6.45) is 3.51. The van der Waals surface area contributed by atoms with Gasteiger partial charge in [-0.1, -0.05) is 5.16 Å². The van der Waals surface area contributed by atoms with Crippen molar-refractivity contribution < 1.29 is 18.4 Å². The predicted octanol–water partition coefficient (Wildman–Crippen LogP) is 3.57. The molecule has 1 aromatic carbocycles. The second-order valence-electron chi connectivity index (χ2n) is 6.79. The van der Waals surface area contributed by atoms with Gasteiger partial charge in [-0.15, -0.1) is 0 Å². The average molecular weight is 372 g/mol. The number of nitrogens with zero attached hydrogens (tertiary/aromatic N) is 2. The maximum atomic E-state index is 14.3. The highest BCUT2D eigenvalue weighted by atomic mass is 19.1. The van der Waals surface area contributed by atoms with Crippen LogP contribution in [0.15, 0.2) is 35.1 Å². The lowest BCUT2D eigenvalue weighted by molar-refractivity contribution is 0.195. The molecule has 3 heterocycles. The van der Waals surface area contributed by atoms with Crippen molar-refractivity contribution in [1.29, 1.82) is 0 Å². The number of carbonyl (C=O) groups is 1. The van der Waals surface area contributed by atoms with Crippen molar-refractivity contribution in [3.05, 3.63) is 47.7 Å². The summed E-state index contributed by atoms with van der Waals surface area (Å²) >= 11 is 0. The zero-order chi connectivity index (χ0) is 18.8. The smallest absolute Gasteiger partial charge is 0.317 e. The topological polar surface area (TPSA) is 83.4 Å². The van der Waals surface area contributed by atoms with E-state index in [0.717, 1.165) is 36.0 Å². The SMILES string of the molecule is C[C@@H]1CCCN1C(=O)NCc1cc2cc(F)c(OCc3ccon3)cc2[nH]1. The Morgan fingerprint density at radius 3 is 3.11 bits per heavy atom. The first-order valence-electron chi connectivity index (χ1n) is 8.98. The molecule has 4 rings (SSSR count). The molecule has 0 bridgehead atoms. The summed E-state index contributed by atoms with van der Waals surface area (Å²) in [7, 11) is 0. The molecule has 3 aromatic rings.